The Morgan fingerprint density at radius 3 is 1.75 bits per heavy atom. The standard InChI is InChI=1S/C45H50N6O4/c1-23-31-22-36(51(39(23)31)43(53)55-45(5,6)7)41-47-33-17-13-27-19-25(11-15-30(27)38(33)49-41)9-8-24-10-14-29-26(18-24)12-16-32-37(29)48-40(46-32)35-21-28-20-34(28)50(35)42(52)54-44(2,3)4/h10-11,14-15,18-19,23,28,31,34-36,39H,12-13,16-17,20-22H2,1-7H3,(H,46,48)(H,47,49)/t23?,28?,31-,34?,35-,36-,39+/m0/s1. The summed E-state index contributed by atoms with van der Waals surface area (Å²) in [5, 5.41) is 0. The first-order chi connectivity index (χ1) is 26.2. The van der Waals surface area contributed by atoms with Crippen molar-refractivity contribution in [3.05, 3.63) is 81.7 Å². The second kappa shape index (κ2) is 12.0. The molecule has 0 bridgehead atoms. The number of imidazole rings is 2. The van der Waals surface area contributed by atoms with Crippen LogP contribution in [0.5, 0.6) is 0 Å². The Hall–Kier alpha value is -5.04. The fourth-order valence-electron chi connectivity index (χ4n) is 9.86. The van der Waals surface area contributed by atoms with Crippen LogP contribution in [-0.2, 0) is 35.2 Å². The third kappa shape index (κ3) is 6.02. The predicted molar refractivity (Wildman–Crippen MR) is 208 cm³/mol. The number of hydrogen-bond acceptors (Lipinski definition) is 6. The number of hydrogen-bond donors (Lipinski definition) is 2. The summed E-state index contributed by atoms with van der Waals surface area (Å²) in [6.07, 6.45) is 5.99. The second-order valence-corrected chi connectivity index (χ2v) is 18.7. The van der Waals surface area contributed by atoms with Gasteiger partial charge >= 0.3 is 12.2 Å². The summed E-state index contributed by atoms with van der Waals surface area (Å²) < 4.78 is 11.6. The van der Waals surface area contributed by atoms with E-state index in [-0.39, 0.29) is 36.4 Å². The maximum Gasteiger partial charge on any atom is 0.411 e. The van der Waals surface area contributed by atoms with Gasteiger partial charge in [-0.3, -0.25) is 9.80 Å². The molecule has 4 aromatic rings. The van der Waals surface area contributed by atoms with Crippen LogP contribution in [0, 0.1) is 29.6 Å². The van der Waals surface area contributed by atoms with Gasteiger partial charge in [0.1, 0.15) is 22.9 Å². The summed E-state index contributed by atoms with van der Waals surface area (Å²) >= 11 is 0. The van der Waals surface area contributed by atoms with Crippen molar-refractivity contribution in [1.82, 2.24) is 29.7 Å². The van der Waals surface area contributed by atoms with E-state index >= 15 is 0 Å². The number of aryl methyl sites for hydroxylation is 4. The van der Waals surface area contributed by atoms with Crippen LogP contribution in [0.1, 0.15) is 125 Å². The minimum Gasteiger partial charge on any atom is -0.444 e. The molecule has 2 aliphatic heterocycles. The zero-order chi connectivity index (χ0) is 38.1. The van der Waals surface area contributed by atoms with E-state index in [4.69, 9.17) is 19.4 Å². The first kappa shape index (κ1) is 34.5. The van der Waals surface area contributed by atoms with Gasteiger partial charge in [0.2, 0.25) is 0 Å². The quantitative estimate of drug-likeness (QED) is 0.200. The number of carbonyl (C=O) groups is 2. The van der Waals surface area contributed by atoms with Gasteiger partial charge < -0.3 is 19.4 Å². The van der Waals surface area contributed by atoms with Crippen LogP contribution in [0.25, 0.3) is 22.5 Å². The molecule has 2 amide bonds. The first-order valence-corrected chi connectivity index (χ1v) is 20.2. The highest BCUT2D eigenvalue weighted by atomic mass is 16.6. The lowest BCUT2D eigenvalue weighted by Gasteiger charge is -2.30. The maximum atomic E-state index is 13.3. The fraction of sp³-hybridized carbons (Fsp3) is 0.511. The Kier molecular flexibility index (Phi) is 7.50. The molecule has 6 aliphatic rings. The van der Waals surface area contributed by atoms with Crippen molar-refractivity contribution in [2.75, 3.05) is 0 Å². The van der Waals surface area contributed by atoms with Crippen molar-refractivity contribution in [1.29, 1.82) is 0 Å². The topological polar surface area (TPSA) is 116 Å². The number of carbonyl (C=O) groups excluding carboxylic acids is 2. The zero-order valence-electron chi connectivity index (χ0n) is 32.9. The molecule has 0 spiro atoms. The molecule has 2 aromatic carbocycles. The van der Waals surface area contributed by atoms with Gasteiger partial charge in [-0.05, 0) is 140 Å². The summed E-state index contributed by atoms with van der Waals surface area (Å²) in [6, 6.07) is 13.2. The Labute approximate surface area is 322 Å². The van der Waals surface area contributed by atoms with E-state index in [1.54, 1.807) is 0 Å². The van der Waals surface area contributed by atoms with Crippen LogP contribution >= 0.6 is 0 Å². The highest BCUT2D eigenvalue weighted by Gasteiger charge is 2.62. The number of ether oxygens (including phenoxy) is 2. The molecule has 4 aliphatic carbocycles. The molecule has 4 fully saturated rings. The number of benzene rings is 2. The van der Waals surface area contributed by atoms with E-state index in [2.05, 4.69) is 65.1 Å². The molecule has 0 radical (unpaired) electrons. The molecular weight excluding hydrogens is 689 g/mol. The van der Waals surface area contributed by atoms with Gasteiger partial charge in [0.25, 0.3) is 0 Å². The molecule has 2 N–H and O–H groups in total. The van der Waals surface area contributed by atoms with Crippen LogP contribution in [0.2, 0.25) is 0 Å². The van der Waals surface area contributed by atoms with Crippen LogP contribution in [0.3, 0.4) is 0 Å². The van der Waals surface area contributed by atoms with Crippen LogP contribution in [0.4, 0.5) is 9.59 Å². The van der Waals surface area contributed by atoms with Gasteiger partial charge in [0, 0.05) is 45.7 Å². The summed E-state index contributed by atoms with van der Waals surface area (Å²) in [5.74, 6) is 10.2. The highest BCUT2D eigenvalue weighted by Crippen LogP contribution is 2.58. The largest absolute Gasteiger partial charge is 0.444 e. The minimum atomic E-state index is -0.543. The van der Waals surface area contributed by atoms with Gasteiger partial charge in [0.05, 0.1) is 23.5 Å². The third-order valence-electron chi connectivity index (χ3n) is 12.6. The first-order valence-electron chi connectivity index (χ1n) is 20.2. The summed E-state index contributed by atoms with van der Waals surface area (Å²) in [5.41, 5.74) is 9.95. The number of rotatable bonds is 2. The lowest BCUT2D eigenvalue weighted by molar-refractivity contribution is 0.0154. The fourth-order valence-corrected chi connectivity index (χ4v) is 9.86. The van der Waals surface area contributed by atoms with E-state index < -0.39 is 11.2 Å². The molecule has 10 heteroatoms. The summed E-state index contributed by atoms with van der Waals surface area (Å²) in [7, 11) is 0. The molecule has 2 saturated carbocycles. The zero-order valence-corrected chi connectivity index (χ0v) is 32.9. The molecule has 4 heterocycles. The average molecular weight is 739 g/mol. The molecule has 7 atom stereocenters. The second-order valence-electron chi connectivity index (χ2n) is 18.7. The molecule has 284 valence electrons. The van der Waals surface area contributed by atoms with Crippen molar-refractivity contribution in [3.8, 4) is 34.4 Å². The maximum absolute atomic E-state index is 13.3. The number of nitrogens with one attached hydrogen (secondary N) is 2. The number of nitrogens with zero attached hydrogens (tertiary/aromatic N) is 4. The average Bonchev–Trinajstić information content (AvgIpc) is 3.64. The van der Waals surface area contributed by atoms with E-state index in [9.17, 15) is 9.59 Å². The van der Waals surface area contributed by atoms with Crippen molar-refractivity contribution < 1.29 is 19.1 Å². The number of aromatic nitrogens is 4. The van der Waals surface area contributed by atoms with E-state index in [1.165, 1.54) is 11.1 Å². The molecule has 2 saturated heterocycles. The summed E-state index contributed by atoms with van der Waals surface area (Å²) in [6.45, 7) is 13.7. The van der Waals surface area contributed by atoms with Gasteiger partial charge in [0.15, 0.2) is 0 Å². The van der Waals surface area contributed by atoms with E-state index in [0.717, 1.165) is 102 Å². The van der Waals surface area contributed by atoms with Gasteiger partial charge in [-0.25, -0.2) is 19.6 Å². The number of H-pyrrole nitrogens is 2. The third-order valence-corrected chi connectivity index (χ3v) is 12.6. The van der Waals surface area contributed by atoms with Crippen LogP contribution in [-0.4, -0.2) is 65.2 Å². The van der Waals surface area contributed by atoms with Crippen molar-refractivity contribution in [2.24, 2.45) is 17.8 Å². The van der Waals surface area contributed by atoms with E-state index in [1.807, 2.05) is 51.3 Å². The Balaban J connectivity index is 0.858. The summed E-state index contributed by atoms with van der Waals surface area (Å²) in [4.78, 5) is 47.9. The monoisotopic (exact) mass is 738 g/mol. The number of piperidine rings is 2. The number of likely N-dealkylation sites (tertiary alicyclic amines) is 2. The lowest BCUT2D eigenvalue weighted by Crippen LogP contribution is -2.39. The van der Waals surface area contributed by atoms with Gasteiger partial charge in [-0.2, -0.15) is 0 Å². The Morgan fingerprint density at radius 1 is 0.709 bits per heavy atom. The van der Waals surface area contributed by atoms with Crippen LogP contribution in [0.15, 0.2) is 36.4 Å². The van der Waals surface area contributed by atoms with Crippen molar-refractivity contribution in [2.45, 2.75) is 129 Å². The van der Waals surface area contributed by atoms with Crippen LogP contribution < -0.4 is 0 Å². The van der Waals surface area contributed by atoms with E-state index in [0.29, 0.717) is 17.8 Å². The van der Waals surface area contributed by atoms with Crippen molar-refractivity contribution >= 4 is 12.2 Å². The lowest BCUT2D eigenvalue weighted by atomic mass is 9.90. The molecule has 2 aromatic heterocycles. The van der Waals surface area contributed by atoms with Gasteiger partial charge in [-0.15, -0.1) is 0 Å². The number of fused-ring (bicyclic) bond motifs is 8. The normalized spacial score (nSPS) is 26.8. The number of aromatic amines is 2. The van der Waals surface area contributed by atoms with Crippen molar-refractivity contribution in [3.63, 3.8) is 0 Å². The Bertz CT molecular complexity index is 2330. The van der Waals surface area contributed by atoms with Gasteiger partial charge in [-0.1, -0.05) is 30.9 Å². The number of amides is 2. The molecular formula is C45H50N6O4. The highest BCUT2D eigenvalue weighted by molar-refractivity contribution is 5.74. The Morgan fingerprint density at radius 2 is 1.22 bits per heavy atom. The predicted octanol–water partition coefficient (Wildman–Crippen LogP) is 8.45. The molecule has 10 rings (SSSR count). The SMILES string of the molecule is CC1[C@@H]2[C@H]1C[C@@H](c1nc3c([nH]1)CCc1cc(C#Cc4ccc5c(c4)CCc4[nH]c([C@@H]6CC7CC7N6C(=O)OC(C)(C)C)nc4-5)ccc1-3)N2C(=O)OC(C)(C)C. The molecule has 3 unspecified atom stereocenters. The minimum absolute atomic E-state index is 0.0766. The molecule has 55 heavy (non-hydrogen) atoms. The smallest absolute Gasteiger partial charge is 0.411 e. The molecule has 10 nitrogen and oxygen atoms in total.